The molecule has 0 aliphatic carbocycles. The highest BCUT2D eigenvalue weighted by atomic mass is 79.9. The van der Waals surface area contributed by atoms with Gasteiger partial charge in [0.05, 0.1) is 6.10 Å². The van der Waals surface area contributed by atoms with Crippen LogP contribution in [0.4, 0.5) is 0 Å². The van der Waals surface area contributed by atoms with E-state index in [4.69, 9.17) is 4.74 Å². The molecule has 2 rings (SSSR count). The number of hydrogen-bond acceptors (Lipinski definition) is 1. The van der Waals surface area contributed by atoms with Crippen LogP contribution < -0.4 is 0 Å². The second-order valence-corrected chi connectivity index (χ2v) is 5.91. The molecule has 0 aromatic heterocycles. The van der Waals surface area contributed by atoms with Crippen molar-refractivity contribution in [2.45, 2.75) is 44.0 Å². The molecule has 1 aromatic carbocycles. The molecule has 0 bridgehead atoms. The van der Waals surface area contributed by atoms with Gasteiger partial charge in [0.1, 0.15) is 0 Å². The summed E-state index contributed by atoms with van der Waals surface area (Å²) in [6, 6.07) is 9.03. The van der Waals surface area contributed by atoms with Crippen LogP contribution in [0.25, 0.3) is 0 Å². The molecule has 3 atom stereocenters. The molecular weight excluding hydrogens is 276 g/mol. The summed E-state index contributed by atoms with van der Waals surface area (Å²) < 4.78 is 5.64. The maximum absolute atomic E-state index is 5.64. The fraction of sp³-hybridized carbons (Fsp3) is 0.600. The van der Waals surface area contributed by atoms with Crippen molar-refractivity contribution in [2.24, 2.45) is 5.92 Å². The maximum Gasteiger partial charge on any atom is 0.0589 e. The molecule has 17 heavy (non-hydrogen) atoms. The smallest absolute Gasteiger partial charge is 0.0589 e. The van der Waals surface area contributed by atoms with Gasteiger partial charge in [0, 0.05) is 17.4 Å². The molecule has 1 aliphatic rings. The van der Waals surface area contributed by atoms with Gasteiger partial charge in [0.25, 0.3) is 0 Å². The third-order valence-corrected chi connectivity index (χ3v) is 4.86. The Kier molecular flexibility index (Phi) is 4.63. The summed E-state index contributed by atoms with van der Waals surface area (Å²) in [5.41, 5.74) is 2.82. The van der Waals surface area contributed by atoms with Gasteiger partial charge >= 0.3 is 0 Å². The fourth-order valence-corrected chi connectivity index (χ4v) is 3.54. The van der Waals surface area contributed by atoms with E-state index in [0.29, 0.717) is 16.8 Å². The average Bonchev–Trinajstić information content (AvgIpc) is 2.76. The SMILES string of the molecule is CCCc1ccc(C(Br)C2CCOC2C)cc1. The molecule has 1 fully saturated rings. The zero-order valence-corrected chi connectivity index (χ0v) is 12.2. The Morgan fingerprint density at radius 1 is 1.35 bits per heavy atom. The van der Waals surface area contributed by atoms with Gasteiger partial charge < -0.3 is 4.74 Å². The van der Waals surface area contributed by atoms with Crippen molar-refractivity contribution >= 4 is 15.9 Å². The first kappa shape index (κ1) is 13.1. The highest BCUT2D eigenvalue weighted by Gasteiger charge is 2.31. The lowest BCUT2D eigenvalue weighted by Crippen LogP contribution is -2.16. The summed E-state index contributed by atoms with van der Waals surface area (Å²) >= 11 is 3.84. The van der Waals surface area contributed by atoms with E-state index in [-0.39, 0.29) is 0 Å². The average molecular weight is 297 g/mol. The van der Waals surface area contributed by atoms with Gasteiger partial charge in [-0.2, -0.15) is 0 Å². The Morgan fingerprint density at radius 2 is 2.06 bits per heavy atom. The van der Waals surface area contributed by atoms with Crippen molar-refractivity contribution in [2.75, 3.05) is 6.61 Å². The minimum absolute atomic E-state index is 0.370. The van der Waals surface area contributed by atoms with Crippen LogP contribution in [0.3, 0.4) is 0 Å². The van der Waals surface area contributed by atoms with E-state index in [1.165, 1.54) is 24.0 Å². The number of ether oxygens (including phenoxy) is 1. The van der Waals surface area contributed by atoms with E-state index in [1.54, 1.807) is 0 Å². The number of halogens is 1. The Labute approximate surface area is 113 Å². The van der Waals surface area contributed by atoms with E-state index in [9.17, 15) is 0 Å². The van der Waals surface area contributed by atoms with Crippen molar-refractivity contribution in [1.29, 1.82) is 0 Å². The maximum atomic E-state index is 5.64. The normalized spacial score (nSPS) is 26.1. The zero-order chi connectivity index (χ0) is 12.3. The quantitative estimate of drug-likeness (QED) is 0.743. The molecular formula is C15H21BrO. The molecule has 1 saturated heterocycles. The molecule has 3 unspecified atom stereocenters. The first-order valence-electron chi connectivity index (χ1n) is 6.57. The predicted molar refractivity (Wildman–Crippen MR) is 75.6 cm³/mol. The second kappa shape index (κ2) is 6.01. The summed E-state index contributed by atoms with van der Waals surface area (Å²) in [7, 11) is 0. The Hall–Kier alpha value is -0.340. The van der Waals surface area contributed by atoms with Crippen molar-refractivity contribution in [1.82, 2.24) is 0 Å². The van der Waals surface area contributed by atoms with Crippen LogP contribution in [0.5, 0.6) is 0 Å². The second-order valence-electron chi connectivity index (χ2n) is 4.92. The highest BCUT2D eigenvalue weighted by Crippen LogP contribution is 2.39. The van der Waals surface area contributed by atoms with Crippen molar-refractivity contribution in [3.8, 4) is 0 Å². The van der Waals surface area contributed by atoms with Gasteiger partial charge in [-0.25, -0.2) is 0 Å². The standard InChI is InChI=1S/C15H21BrO/c1-3-4-12-5-7-13(8-6-12)15(16)14-9-10-17-11(14)2/h5-8,11,14-15H,3-4,9-10H2,1-2H3. The van der Waals surface area contributed by atoms with E-state index in [1.807, 2.05) is 0 Å². The third-order valence-electron chi connectivity index (χ3n) is 3.65. The van der Waals surface area contributed by atoms with Gasteiger partial charge in [-0.05, 0) is 30.9 Å². The van der Waals surface area contributed by atoms with Crippen molar-refractivity contribution in [3.05, 3.63) is 35.4 Å². The monoisotopic (exact) mass is 296 g/mol. The largest absolute Gasteiger partial charge is 0.378 e. The molecule has 0 saturated carbocycles. The predicted octanol–water partition coefficient (Wildman–Crippen LogP) is 4.50. The van der Waals surface area contributed by atoms with Gasteiger partial charge in [-0.1, -0.05) is 53.5 Å². The number of benzene rings is 1. The van der Waals surface area contributed by atoms with Crippen LogP contribution >= 0.6 is 15.9 Å². The summed E-state index contributed by atoms with van der Waals surface area (Å²) in [5.74, 6) is 0.604. The van der Waals surface area contributed by atoms with Crippen LogP contribution in [-0.2, 0) is 11.2 Å². The molecule has 0 spiro atoms. The summed E-state index contributed by atoms with van der Waals surface area (Å²) in [6.45, 7) is 5.30. The van der Waals surface area contributed by atoms with Crippen LogP contribution in [0.15, 0.2) is 24.3 Å². The lowest BCUT2D eigenvalue weighted by Gasteiger charge is -2.21. The Balaban J connectivity index is 2.05. The van der Waals surface area contributed by atoms with Crippen LogP contribution in [0.2, 0.25) is 0 Å². The molecule has 2 heteroatoms. The first-order valence-corrected chi connectivity index (χ1v) is 7.48. The summed E-state index contributed by atoms with van der Waals surface area (Å²) in [4.78, 5) is 0.427. The number of alkyl halides is 1. The zero-order valence-electron chi connectivity index (χ0n) is 10.7. The molecule has 1 heterocycles. The van der Waals surface area contributed by atoms with E-state index < -0.39 is 0 Å². The Morgan fingerprint density at radius 3 is 2.59 bits per heavy atom. The molecule has 0 amide bonds. The first-order chi connectivity index (χ1) is 8.22. The van der Waals surface area contributed by atoms with E-state index in [2.05, 4.69) is 54.0 Å². The Bertz CT molecular complexity index is 346. The topological polar surface area (TPSA) is 9.23 Å². The van der Waals surface area contributed by atoms with Gasteiger partial charge in [0.2, 0.25) is 0 Å². The lowest BCUT2D eigenvalue weighted by molar-refractivity contribution is 0.105. The molecule has 0 radical (unpaired) electrons. The van der Waals surface area contributed by atoms with E-state index in [0.717, 1.165) is 13.0 Å². The van der Waals surface area contributed by atoms with Crippen LogP contribution in [0, 0.1) is 5.92 Å². The van der Waals surface area contributed by atoms with Gasteiger partial charge in [0.15, 0.2) is 0 Å². The highest BCUT2D eigenvalue weighted by molar-refractivity contribution is 9.09. The van der Waals surface area contributed by atoms with Crippen LogP contribution in [-0.4, -0.2) is 12.7 Å². The van der Waals surface area contributed by atoms with Crippen molar-refractivity contribution < 1.29 is 4.74 Å². The van der Waals surface area contributed by atoms with Gasteiger partial charge in [-0.3, -0.25) is 0 Å². The molecule has 0 N–H and O–H groups in total. The third kappa shape index (κ3) is 3.11. The molecule has 94 valence electrons. The lowest BCUT2D eigenvalue weighted by atomic mass is 9.93. The number of hydrogen-bond donors (Lipinski definition) is 0. The summed E-state index contributed by atoms with van der Waals surface area (Å²) in [5, 5.41) is 0. The van der Waals surface area contributed by atoms with E-state index >= 15 is 0 Å². The molecule has 1 aromatic rings. The fourth-order valence-electron chi connectivity index (χ4n) is 2.54. The van der Waals surface area contributed by atoms with Crippen LogP contribution in [0.1, 0.15) is 42.6 Å². The van der Waals surface area contributed by atoms with Crippen molar-refractivity contribution in [3.63, 3.8) is 0 Å². The molecule has 1 nitrogen and oxygen atoms in total. The summed E-state index contributed by atoms with van der Waals surface area (Å²) in [6.07, 6.45) is 3.92. The number of rotatable bonds is 4. The van der Waals surface area contributed by atoms with Gasteiger partial charge in [-0.15, -0.1) is 0 Å². The minimum atomic E-state index is 0.370. The molecule has 1 aliphatic heterocycles. The number of aryl methyl sites for hydroxylation is 1. The minimum Gasteiger partial charge on any atom is -0.378 e.